The number of carbonyl (C=O) groups excluding carboxylic acids is 1. The summed E-state index contributed by atoms with van der Waals surface area (Å²) in [6.07, 6.45) is 0.863. The van der Waals surface area contributed by atoms with E-state index in [1.54, 1.807) is 4.90 Å². The van der Waals surface area contributed by atoms with Crippen molar-refractivity contribution in [1.82, 2.24) is 9.80 Å². The van der Waals surface area contributed by atoms with Crippen LogP contribution in [0.15, 0.2) is 0 Å². The lowest BCUT2D eigenvalue weighted by atomic mass is 10.2. The fourth-order valence-electron chi connectivity index (χ4n) is 1.88. The smallest absolute Gasteiger partial charge is 0.328 e. The molecule has 1 rings (SSSR count). The van der Waals surface area contributed by atoms with Crippen LogP contribution in [0.3, 0.4) is 0 Å². The molecule has 1 unspecified atom stereocenters. The molecule has 0 aromatic heterocycles. The Hall–Kier alpha value is -1.30. The van der Waals surface area contributed by atoms with Crippen LogP contribution in [0.5, 0.6) is 0 Å². The molecule has 1 saturated heterocycles. The highest BCUT2D eigenvalue weighted by Crippen LogP contribution is 2.11. The summed E-state index contributed by atoms with van der Waals surface area (Å²) in [7, 11) is 0. The molecule has 17 heavy (non-hydrogen) atoms. The summed E-state index contributed by atoms with van der Waals surface area (Å²) in [5.41, 5.74) is 0. The van der Waals surface area contributed by atoms with E-state index in [1.165, 1.54) is 4.90 Å². The molecule has 1 atom stereocenters. The van der Waals surface area contributed by atoms with Gasteiger partial charge in [0.05, 0.1) is 13.2 Å². The van der Waals surface area contributed by atoms with Gasteiger partial charge in [0, 0.05) is 19.6 Å². The number of morpholine rings is 1. The Balaban J connectivity index is 2.73. The molecular weight excluding hydrogens is 224 g/mol. The molecule has 1 aliphatic rings. The third-order valence-electron chi connectivity index (χ3n) is 2.80. The second-order valence-electron chi connectivity index (χ2n) is 3.98. The Morgan fingerprint density at radius 2 is 2.18 bits per heavy atom. The average Bonchev–Trinajstić information content (AvgIpc) is 2.35. The van der Waals surface area contributed by atoms with Crippen molar-refractivity contribution in [3.05, 3.63) is 0 Å². The molecule has 0 spiro atoms. The number of hydrogen-bond acceptors (Lipinski definition) is 3. The maximum Gasteiger partial charge on any atom is 0.328 e. The van der Waals surface area contributed by atoms with Crippen LogP contribution in [0, 0.1) is 0 Å². The number of carboxylic acid groups (broad SMARTS) is 1. The number of hydrogen-bond donors (Lipinski definition) is 1. The highest BCUT2D eigenvalue weighted by atomic mass is 16.5. The van der Waals surface area contributed by atoms with Gasteiger partial charge < -0.3 is 19.6 Å². The minimum absolute atomic E-state index is 0.0742. The second-order valence-corrected chi connectivity index (χ2v) is 3.98. The summed E-state index contributed by atoms with van der Waals surface area (Å²) >= 11 is 0. The molecule has 0 bridgehead atoms. The lowest BCUT2D eigenvalue weighted by molar-refractivity contribution is -0.147. The van der Waals surface area contributed by atoms with E-state index in [9.17, 15) is 9.59 Å². The molecular formula is C11H20N2O4. The summed E-state index contributed by atoms with van der Waals surface area (Å²) < 4.78 is 5.10. The van der Waals surface area contributed by atoms with Crippen LogP contribution in [0.1, 0.15) is 20.3 Å². The summed E-state index contributed by atoms with van der Waals surface area (Å²) in [6, 6.07) is -1.06. The van der Waals surface area contributed by atoms with E-state index in [0.717, 1.165) is 6.42 Å². The second kappa shape index (κ2) is 6.44. The molecule has 1 heterocycles. The molecule has 0 aromatic rings. The summed E-state index contributed by atoms with van der Waals surface area (Å²) in [5, 5.41) is 9.05. The molecule has 6 heteroatoms. The van der Waals surface area contributed by atoms with Crippen LogP contribution < -0.4 is 0 Å². The lowest BCUT2D eigenvalue weighted by Gasteiger charge is -2.36. The minimum atomic E-state index is -1.01. The number of carbonyl (C=O) groups is 2. The number of aliphatic carboxylic acids is 1. The largest absolute Gasteiger partial charge is 0.480 e. The van der Waals surface area contributed by atoms with E-state index in [0.29, 0.717) is 26.2 Å². The predicted molar refractivity (Wildman–Crippen MR) is 61.9 cm³/mol. The fraction of sp³-hybridized carbons (Fsp3) is 0.818. The van der Waals surface area contributed by atoms with Crippen LogP contribution in [0.2, 0.25) is 0 Å². The van der Waals surface area contributed by atoms with Crippen LogP contribution in [0.25, 0.3) is 0 Å². The van der Waals surface area contributed by atoms with Crippen LogP contribution in [0.4, 0.5) is 4.79 Å². The Kier molecular flexibility index (Phi) is 5.21. The van der Waals surface area contributed by atoms with Crippen molar-refractivity contribution in [3.8, 4) is 0 Å². The Morgan fingerprint density at radius 1 is 1.47 bits per heavy atom. The molecule has 0 saturated carbocycles. The first kappa shape index (κ1) is 13.8. The van der Waals surface area contributed by atoms with Gasteiger partial charge in [0.1, 0.15) is 0 Å². The van der Waals surface area contributed by atoms with Gasteiger partial charge in [0.15, 0.2) is 6.04 Å². The van der Waals surface area contributed by atoms with Crippen molar-refractivity contribution in [3.63, 3.8) is 0 Å². The van der Waals surface area contributed by atoms with Crippen molar-refractivity contribution in [1.29, 1.82) is 0 Å². The van der Waals surface area contributed by atoms with Crippen molar-refractivity contribution >= 4 is 12.0 Å². The number of rotatable bonds is 4. The first-order chi connectivity index (χ1) is 8.11. The predicted octanol–water partition coefficient (Wildman–Crippen LogP) is 0.624. The topological polar surface area (TPSA) is 70.1 Å². The Morgan fingerprint density at radius 3 is 2.71 bits per heavy atom. The van der Waals surface area contributed by atoms with Crippen LogP contribution in [-0.2, 0) is 9.53 Å². The highest BCUT2D eigenvalue weighted by Gasteiger charge is 2.34. The third-order valence-corrected chi connectivity index (χ3v) is 2.80. The first-order valence-corrected chi connectivity index (χ1v) is 5.97. The van der Waals surface area contributed by atoms with E-state index in [-0.39, 0.29) is 12.6 Å². The van der Waals surface area contributed by atoms with Gasteiger partial charge >= 0.3 is 12.0 Å². The molecule has 0 aromatic carbocycles. The van der Waals surface area contributed by atoms with Crippen molar-refractivity contribution < 1.29 is 19.4 Å². The van der Waals surface area contributed by atoms with Crippen molar-refractivity contribution in [2.24, 2.45) is 0 Å². The number of carboxylic acids is 1. The molecule has 98 valence electrons. The molecule has 1 N–H and O–H groups in total. The summed E-state index contributed by atoms with van der Waals surface area (Å²) in [4.78, 5) is 26.3. The fourth-order valence-corrected chi connectivity index (χ4v) is 1.88. The van der Waals surface area contributed by atoms with E-state index in [2.05, 4.69) is 0 Å². The van der Waals surface area contributed by atoms with E-state index in [1.807, 2.05) is 13.8 Å². The van der Waals surface area contributed by atoms with Crippen molar-refractivity contribution in [2.45, 2.75) is 26.3 Å². The zero-order chi connectivity index (χ0) is 12.8. The molecule has 2 amide bonds. The van der Waals surface area contributed by atoms with Crippen LogP contribution in [-0.4, -0.2) is 65.8 Å². The average molecular weight is 244 g/mol. The van der Waals surface area contributed by atoms with E-state index < -0.39 is 12.0 Å². The molecule has 0 aliphatic carbocycles. The summed E-state index contributed by atoms with van der Waals surface area (Å²) in [6.45, 7) is 5.95. The maximum absolute atomic E-state index is 12.2. The van der Waals surface area contributed by atoms with Gasteiger partial charge in [0.2, 0.25) is 0 Å². The SMILES string of the molecule is CCCN(CC)C(=O)N1CCOCC1C(=O)O. The van der Waals surface area contributed by atoms with Gasteiger partial charge in [0.25, 0.3) is 0 Å². The zero-order valence-corrected chi connectivity index (χ0v) is 10.4. The van der Waals surface area contributed by atoms with Crippen LogP contribution >= 0.6 is 0 Å². The van der Waals surface area contributed by atoms with E-state index >= 15 is 0 Å². The highest BCUT2D eigenvalue weighted by molar-refractivity contribution is 5.83. The Bertz CT molecular complexity index is 283. The van der Waals surface area contributed by atoms with Gasteiger partial charge in [-0.25, -0.2) is 9.59 Å². The quantitative estimate of drug-likeness (QED) is 0.787. The number of nitrogens with zero attached hydrogens (tertiary/aromatic N) is 2. The number of ether oxygens (including phenoxy) is 1. The molecule has 1 fully saturated rings. The number of amides is 2. The zero-order valence-electron chi connectivity index (χ0n) is 10.4. The Labute approximate surface area is 101 Å². The van der Waals surface area contributed by atoms with Gasteiger partial charge in [-0.05, 0) is 13.3 Å². The minimum Gasteiger partial charge on any atom is -0.480 e. The standard InChI is InChI=1S/C11H20N2O4/c1-3-5-12(4-2)11(16)13-6-7-17-8-9(13)10(14)15/h9H,3-8H2,1-2H3,(H,14,15). The van der Waals surface area contributed by atoms with Crippen molar-refractivity contribution in [2.75, 3.05) is 32.8 Å². The molecule has 6 nitrogen and oxygen atoms in total. The lowest BCUT2D eigenvalue weighted by Crippen LogP contribution is -2.56. The van der Waals surface area contributed by atoms with Gasteiger partial charge in [-0.15, -0.1) is 0 Å². The number of urea groups is 1. The van der Waals surface area contributed by atoms with Gasteiger partial charge in [-0.1, -0.05) is 6.92 Å². The molecule has 1 aliphatic heterocycles. The summed E-state index contributed by atoms with van der Waals surface area (Å²) in [5.74, 6) is -1.01. The van der Waals surface area contributed by atoms with Gasteiger partial charge in [-0.2, -0.15) is 0 Å². The maximum atomic E-state index is 12.2. The van der Waals surface area contributed by atoms with Gasteiger partial charge in [-0.3, -0.25) is 0 Å². The first-order valence-electron chi connectivity index (χ1n) is 5.97. The monoisotopic (exact) mass is 244 g/mol. The third kappa shape index (κ3) is 3.33. The normalized spacial score (nSPS) is 20.1. The van der Waals surface area contributed by atoms with E-state index in [4.69, 9.17) is 9.84 Å². The molecule has 0 radical (unpaired) electrons.